The van der Waals surface area contributed by atoms with Gasteiger partial charge in [-0.1, -0.05) is 11.4 Å². The molecule has 1 atom stereocenters. The number of aryl methyl sites for hydroxylation is 1. The predicted molar refractivity (Wildman–Crippen MR) is 75.3 cm³/mol. The molecule has 0 aliphatic heterocycles. The van der Waals surface area contributed by atoms with Crippen molar-refractivity contribution in [3.63, 3.8) is 0 Å². The summed E-state index contributed by atoms with van der Waals surface area (Å²) in [6.07, 6.45) is 4.40. The lowest BCUT2D eigenvalue weighted by Gasteiger charge is -2.13. The van der Waals surface area contributed by atoms with Crippen LogP contribution in [0.2, 0.25) is 0 Å². The zero-order chi connectivity index (χ0) is 13.8. The standard InChI is InChI=1S/C13H18N4OS/c1-4-11-13(19-17-16-11)12(14)9-5-10(7-15-6-9)18-8(2)3/h5-8,12H,4,14H2,1-3H3. The summed E-state index contributed by atoms with van der Waals surface area (Å²) >= 11 is 1.34. The van der Waals surface area contributed by atoms with Crippen LogP contribution < -0.4 is 10.5 Å². The van der Waals surface area contributed by atoms with Crippen LogP contribution in [0.4, 0.5) is 0 Å². The fraction of sp³-hybridized carbons (Fsp3) is 0.462. The number of aromatic nitrogens is 3. The third-order valence-corrected chi connectivity index (χ3v) is 3.52. The maximum atomic E-state index is 6.27. The van der Waals surface area contributed by atoms with Gasteiger partial charge in [0, 0.05) is 6.20 Å². The van der Waals surface area contributed by atoms with Gasteiger partial charge >= 0.3 is 0 Å². The highest BCUT2D eigenvalue weighted by Crippen LogP contribution is 2.26. The lowest BCUT2D eigenvalue weighted by atomic mass is 10.1. The van der Waals surface area contributed by atoms with Crippen molar-refractivity contribution in [3.8, 4) is 5.75 Å². The molecule has 0 aliphatic rings. The average molecular weight is 278 g/mol. The fourth-order valence-electron chi connectivity index (χ4n) is 1.79. The summed E-state index contributed by atoms with van der Waals surface area (Å²) in [5, 5.41) is 4.09. The molecule has 2 N–H and O–H groups in total. The SMILES string of the molecule is CCc1nnsc1C(N)c1cncc(OC(C)C)c1. The Morgan fingerprint density at radius 3 is 2.84 bits per heavy atom. The van der Waals surface area contributed by atoms with Crippen molar-refractivity contribution in [2.24, 2.45) is 5.73 Å². The predicted octanol–water partition coefficient (Wildman–Crippen LogP) is 2.33. The highest BCUT2D eigenvalue weighted by atomic mass is 32.1. The van der Waals surface area contributed by atoms with Crippen LogP contribution in [0.5, 0.6) is 5.75 Å². The van der Waals surface area contributed by atoms with E-state index in [4.69, 9.17) is 10.5 Å². The molecule has 0 saturated carbocycles. The Labute approximate surface area is 117 Å². The molecule has 102 valence electrons. The van der Waals surface area contributed by atoms with E-state index in [1.54, 1.807) is 12.4 Å². The van der Waals surface area contributed by atoms with Gasteiger partial charge in [0.15, 0.2) is 0 Å². The smallest absolute Gasteiger partial charge is 0.138 e. The average Bonchev–Trinajstić information content (AvgIpc) is 2.85. The second kappa shape index (κ2) is 6.08. The molecule has 19 heavy (non-hydrogen) atoms. The second-order valence-corrected chi connectivity index (χ2v) is 5.32. The van der Waals surface area contributed by atoms with E-state index in [9.17, 15) is 0 Å². The lowest BCUT2D eigenvalue weighted by Crippen LogP contribution is -2.13. The second-order valence-electron chi connectivity index (χ2n) is 4.54. The van der Waals surface area contributed by atoms with Crippen molar-refractivity contribution in [2.75, 3.05) is 0 Å². The van der Waals surface area contributed by atoms with Crippen LogP contribution >= 0.6 is 11.5 Å². The van der Waals surface area contributed by atoms with Gasteiger partial charge in [-0.05, 0) is 43.4 Å². The summed E-state index contributed by atoms with van der Waals surface area (Å²) in [7, 11) is 0. The molecule has 0 radical (unpaired) electrons. The molecule has 2 aromatic rings. The van der Waals surface area contributed by atoms with Crippen LogP contribution in [0.1, 0.15) is 42.9 Å². The maximum Gasteiger partial charge on any atom is 0.138 e. The summed E-state index contributed by atoms with van der Waals surface area (Å²) in [6.45, 7) is 6.01. The van der Waals surface area contributed by atoms with E-state index in [0.717, 1.165) is 28.3 Å². The summed E-state index contributed by atoms with van der Waals surface area (Å²) in [4.78, 5) is 5.17. The molecule has 0 aromatic carbocycles. The monoisotopic (exact) mass is 278 g/mol. The molecule has 2 rings (SSSR count). The molecular weight excluding hydrogens is 260 g/mol. The number of rotatable bonds is 5. The minimum atomic E-state index is -0.252. The first kappa shape index (κ1) is 13.9. The Bertz CT molecular complexity index is 541. The normalized spacial score (nSPS) is 12.7. The molecule has 2 aromatic heterocycles. The lowest BCUT2D eigenvalue weighted by molar-refractivity contribution is 0.241. The number of ether oxygens (including phenoxy) is 1. The molecule has 0 aliphatic carbocycles. The van der Waals surface area contributed by atoms with Gasteiger partial charge in [0.25, 0.3) is 0 Å². The minimum absolute atomic E-state index is 0.115. The van der Waals surface area contributed by atoms with Crippen LogP contribution in [-0.2, 0) is 6.42 Å². The number of nitrogens with zero attached hydrogens (tertiary/aromatic N) is 3. The minimum Gasteiger partial charge on any atom is -0.489 e. The molecular formula is C13H18N4OS. The molecule has 2 heterocycles. The van der Waals surface area contributed by atoms with E-state index in [2.05, 4.69) is 14.6 Å². The Kier molecular flexibility index (Phi) is 4.44. The van der Waals surface area contributed by atoms with Crippen molar-refractivity contribution >= 4 is 11.5 Å². The molecule has 0 spiro atoms. The van der Waals surface area contributed by atoms with Crippen LogP contribution in [0.3, 0.4) is 0 Å². The van der Waals surface area contributed by atoms with Crippen molar-refractivity contribution < 1.29 is 4.74 Å². The molecule has 5 nitrogen and oxygen atoms in total. The zero-order valence-corrected chi connectivity index (χ0v) is 12.1. The highest BCUT2D eigenvalue weighted by Gasteiger charge is 2.17. The summed E-state index contributed by atoms with van der Waals surface area (Å²) in [5.41, 5.74) is 8.14. The fourth-order valence-corrected chi connectivity index (χ4v) is 2.56. The third kappa shape index (κ3) is 3.27. The van der Waals surface area contributed by atoms with Crippen molar-refractivity contribution in [1.29, 1.82) is 0 Å². The number of hydrogen-bond acceptors (Lipinski definition) is 6. The van der Waals surface area contributed by atoms with Crippen LogP contribution in [0.25, 0.3) is 0 Å². The summed E-state index contributed by atoms with van der Waals surface area (Å²) in [6, 6.07) is 1.68. The zero-order valence-electron chi connectivity index (χ0n) is 11.3. The van der Waals surface area contributed by atoms with Crippen molar-refractivity contribution in [1.82, 2.24) is 14.6 Å². The van der Waals surface area contributed by atoms with Gasteiger partial charge in [0.05, 0.1) is 28.9 Å². The Morgan fingerprint density at radius 2 is 2.16 bits per heavy atom. The number of nitrogens with two attached hydrogens (primary N) is 1. The Hall–Kier alpha value is -1.53. The van der Waals surface area contributed by atoms with E-state index in [0.29, 0.717) is 0 Å². The van der Waals surface area contributed by atoms with E-state index < -0.39 is 0 Å². The van der Waals surface area contributed by atoms with Crippen LogP contribution in [0, 0.1) is 0 Å². The topological polar surface area (TPSA) is 73.9 Å². The third-order valence-electron chi connectivity index (χ3n) is 2.67. The molecule has 0 fully saturated rings. The van der Waals surface area contributed by atoms with Gasteiger partial charge in [-0.15, -0.1) is 5.10 Å². The first-order valence-corrected chi connectivity index (χ1v) is 7.07. The van der Waals surface area contributed by atoms with Gasteiger partial charge in [-0.3, -0.25) is 4.98 Å². The molecule has 6 heteroatoms. The first-order valence-electron chi connectivity index (χ1n) is 6.30. The molecule has 0 saturated heterocycles. The quantitative estimate of drug-likeness (QED) is 0.908. The van der Waals surface area contributed by atoms with Crippen LogP contribution in [-0.4, -0.2) is 20.7 Å². The van der Waals surface area contributed by atoms with Gasteiger partial charge in [0.2, 0.25) is 0 Å². The molecule has 1 unspecified atom stereocenters. The van der Waals surface area contributed by atoms with Crippen molar-refractivity contribution in [2.45, 2.75) is 39.3 Å². The summed E-state index contributed by atoms with van der Waals surface area (Å²) in [5.74, 6) is 0.735. The van der Waals surface area contributed by atoms with Gasteiger partial charge in [-0.25, -0.2) is 0 Å². The highest BCUT2D eigenvalue weighted by molar-refractivity contribution is 7.05. The molecule has 0 bridgehead atoms. The Morgan fingerprint density at radius 1 is 1.37 bits per heavy atom. The summed E-state index contributed by atoms with van der Waals surface area (Å²) < 4.78 is 9.60. The largest absolute Gasteiger partial charge is 0.489 e. The first-order chi connectivity index (χ1) is 9.11. The van der Waals surface area contributed by atoms with E-state index in [1.165, 1.54) is 11.5 Å². The number of pyridine rings is 1. The maximum absolute atomic E-state index is 6.27. The number of hydrogen-bond donors (Lipinski definition) is 1. The van der Waals surface area contributed by atoms with Gasteiger partial charge in [0.1, 0.15) is 5.75 Å². The van der Waals surface area contributed by atoms with Crippen LogP contribution in [0.15, 0.2) is 18.5 Å². The van der Waals surface area contributed by atoms with E-state index in [1.807, 2.05) is 26.8 Å². The van der Waals surface area contributed by atoms with Gasteiger partial charge < -0.3 is 10.5 Å². The van der Waals surface area contributed by atoms with E-state index in [-0.39, 0.29) is 12.1 Å². The van der Waals surface area contributed by atoms with E-state index >= 15 is 0 Å². The van der Waals surface area contributed by atoms with Crippen molar-refractivity contribution in [3.05, 3.63) is 34.6 Å². The van der Waals surface area contributed by atoms with Gasteiger partial charge in [-0.2, -0.15) is 0 Å². The Balaban J connectivity index is 2.26. The molecule has 0 amide bonds.